The highest BCUT2D eigenvalue weighted by atomic mass is 16.2. The normalized spacial score (nSPS) is 10.2. The van der Waals surface area contributed by atoms with Crippen LogP contribution in [0.3, 0.4) is 0 Å². The Labute approximate surface area is 150 Å². The number of hydrogen-bond acceptors (Lipinski definition) is 3. The van der Waals surface area contributed by atoms with Crippen molar-refractivity contribution >= 4 is 23.3 Å². The molecule has 0 saturated carbocycles. The minimum absolute atomic E-state index is 0.202. The summed E-state index contributed by atoms with van der Waals surface area (Å²) in [5.41, 5.74) is 6.84. The van der Waals surface area contributed by atoms with Crippen molar-refractivity contribution in [3.63, 3.8) is 0 Å². The lowest BCUT2D eigenvalue weighted by molar-refractivity contribution is 0.0993. The highest BCUT2D eigenvalue weighted by Gasteiger charge is 2.19. The molecule has 3 N–H and O–H groups in total. The van der Waals surface area contributed by atoms with E-state index in [4.69, 9.17) is 5.73 Å². The number of amides is 2. The molecule has 0 aliphatic heterocycles. The molecule has 0 saturated heterocycles. The molecule has 2 amide bonds. The van der Waals surface area contributed by atoms with Gasteiger partial charge in [0, 0.05) is 11.1 Å². The third-order valence-electron chi connectivity index (χ3n) is 3.89. The van der Waals surface area contributed by atoms with E-state index in [0.29, 0.717) is 11.3 Å². The standard InChI is InChI=1S/C21H16N2O3/c22-20(25)17-12-6-7-13-18(17)23-21(26)16-11-5-4-10-15(16)19(24)14-8-2-1-3-9-14/h1-13H,(H2,22,25)(H,23,26). The molecule has 3 aromatic carbocycles. The van der Waals surface area contributed by atoms with Gasteiger partial charge >= 0.3 is 0 Å². The minimum atomic E-state index is -0.644. The van der Waals surface area contributed by atoms with Crippen molar-refractivity contribution in [3.05, 3.63) is 101 Å². The number of hydrogen-bond donors (Lipinski definition) is 2. The fourth-order valence-corrected chi connectivity index (χ4v) is 2.62. The van der Waals surface area contributed by atoms with Gasteiger partial charge in [-0.3, -0.25) is 14.4 Å². The highest BCUT2D eigenvalue weighted by Crippen LogP contribution is 2.19. The van der Waals surface area contributed by atoms with Gasteiger partial charge in [-0.25, -0.2) is 0 Å². The molecule has 0 fully saturated rings. The fourth-order valence-electron chi connectivity index (χ4n) is 2.62. The van der Waals surface area contributed by atoms with E-state index >= 15 is 0 Å². The maximum atomic E-state index is 12.7. The molecule has 5 nitrogen and oxygen atoms in total. The Morgan fingerprint density at radius 1 is 0.654 bits per heavy atom. The molecule has 3 rings (SSSR count). The number of carbonyl (C=O) groups is 3. The van der Waals surface area contributed by atoms with Crippen LogP contribution in [0.4, 0.5) is 5.69 Å². The van der Waals surface area contributed by atoms with E-state index in [1.165, 1.54) is 6.07 Å². The summed E-state index contributed by atoms with van der Waals surface area (Å²) in [4.78, 5) is 37.0. The van der Waals surface area contributed by atoms with Crippen LogP contribution < -0.4 is 11.1 Å². The van der Waals surface area contributed by atoms with Crippen molar-refractivity contribution < 1.29 is 14.4 Å². The predicted molar refractivity (Wildman–Crippen MR) is 99.2 cm³/mol. The molecule has 0 heterocycles. The van der Waals surface area contributed by atoms with Crippen molar-refractivity contribution in [2.75, 3.05) is 5.32 Å². The van der Waals surface area contributed by atoms with E-state index in [1.807, 2.05) is 6.07 Å². The van der Waals surface area contributed by atoms with E-state index < -0.39 is 11.8 Å². The number of rotatable bonds is 5. The topological polar surface area (TPSA) is 89.3 Å². The summed E-state index contributed by atoms with van der Waals surface area (Å²) in [6, 6.07) is 21.7. The molecule has 0 aliphatic rings. The first-order chi connectivity index (χ1) is 12.6. The zero-order valence-electron chi connectivity index (χ0n) is 13.8. The van der Waals surface area contributed by atoms with Gasteiger partial charge in [0.1, 0.15) is 0 Å². The zero-order chi connectivity index (χ0) is 18.5. The second kappa shape index (κ2) is 7.44. The monoisotopic (exact) mass is 344 g/mol. The predicted octanol–water partition coefficient (Wildman–Crippen LogP) is 3.27. The van der Waals surface area contributed by atoms with Gasteiger partial charge in [-0.2, -0.15) is 0 Å². The van der Waals surface area contributed by atoms with Gasteiger partial charge in [0.2, 0.25) is 0 Å². The maximum Gasteiger partial charge on any atom is 0.256 e. The fraction of sp³-hybridized carbons (Fsp3) is 0. The Hall–Kier alpha value is -3.73. The molecule has 5 heteroatoms. The first kappa shape index (κ1) is 17.1. The number of carbonyl (C=O) groups excluding carboxylic acids is 3. The Balaban J connectivity index is 1.95. The van der Waals surface area contributed by atoms with E-state index in [2.05, 4.69) is 5.32 Å². The Bertz CT molecular complexity index is 981. The number of benzene rings is 3. The third-order valence-corrected chi connectivity index (χ3v) is 3.89. The highest BCUT2D eigenvalue weighted by molar-refractivity contribution is 6.18. The van der Waals surface area contributed by atoms with Gasteiger partial charge in [0.05, 0.1) is 16.8 Å². The number of para-hydroxylation sites is 1. The van der Waals surface area contributed by atoms with Crippen LogP contribution in [0.1, 0.15) is 36.6 Å². The number of primary amides is 1. The number of anilines is 1. The summed E-state index contributed by atoms with van der Waals surface area (Å²) in [6.07, 6.45) is 0. The summed E-state index contributed by atoms with van der Waals surface area (Å²) in [7, 11) is 0. The molecule has 0 bridgehead atoms. The Morgan fingerprint density at radius 2 is 1.19 bits per heavy atom. The van der Waals surface area contributed by atoms with Crippen LogP contribution in [0.2, 0.25) is 0 Å². The lowest BCUT2D eigenvalue weighted by atomic mass is 9.98. The third kappa shape index (κ3) is 3.52. The van der Waals surface area contributed by atoms with Crippen molar-refractivity contribution in [1.82, 2.24) is 0 Å². The number of ketones is 1. The van der Waals surface area contributed by atoms with Crippen LogP contribution in [-0.2, 0) is 0 Å². The van der Waals surface area contributed by atoms with Crippen molar-refractivity contribution in [2.45, 2.75) is 0 Å². The van der Waals surface area contributed by atoms with Gasteiger partial charge in [-0.05, 0) is 18.2 Å². The first-order valence-electron chi connectivity index (χ1n) is 7.97. The summed E-state index contributed by atoms with van der Waals surface area (Å²) >= 11 is 0. The SMILES string of the molecule is NC(=O)c1ccccc1NC(=O)c1ccccc1C(=O)c1ccccc1. The van der Waals surface area contributed by atoms with Gasteiger partial charge in [-0.15, -0.1) is 0 Å². The summed E-state index contributed by atoms with van der Waals surface area (Å²) < 4.78 is 0. The lowest BCUT2D eigenvalue weighted by Gasteiger charge is -2.11. The second-order valence-electron chi connectivity index (χ2n) is 5.60. The molecule has 128 valence electrons. The molecular formula is C21H16N2O3. The van der Waals surface area contributed by atoms with E-state index in [0.717, 1.165) is 0 Å². The smallest absolute Gasteiger partial charge is 0.256 e. The summed E-state index contributed by atoms with van der Waals surface area (Å²) in [5, 5.41) is 2.66. The van der Waals surface area contributed by atoms with E-state index in [1.54, 1.807) is 66.7 Å². The molecule has 0 aromatic heterocycles. The van der Waals surface area contributed by atoms with Crippen LogP contribution in [0.5, 0.6) is 0 Å². The quantitative estimate of drug-likeness (QED) is 0.696. The molecule has 0 aliphatic carbocycles. The maximum absolute atomic E-state index is 12.7. The molecule has 0 radical (unpaired) electrons. The van der Waals surface area contributed by atoms with Gasteiger partial charge in [0.25, 0.3) is 11.8 Å². The summed E-state index contributed by atoms with van der Waals surface area (Å²) in [5.74, 6) is -1.38. The second-order valence-corrected chi connectivity index (χ2v) is 5.60. The minimum Gasteiger partial charge on any atom is -0.366 e. The van der Waals surface area contributed by atoms with Gasteiger partial charge in [0.15, 0.2) is 5.78 Å². The molecule has 26 heavy (non-hydrogen) atoms. The largest absolute Gasteiger partial charge is 0.366 e. The lowest BCUT2D eigenvalue weighted by Crippen LogP contribution is -2.20. The number of nitrogens with one attached hydrogen (secondary N) is 1. The van der Waals surface area contributed by atoms with Gasteiger partial charge < -0.3 is 11.1 Å². The van der Waals surface area contributed by atoms with Crippen molar-refractivity contribution in [3.8, 4) is 0 Å². The molecule has 0 atom stereocenters. The van der Waals surface area contributed by atoms with E-state index in [-0.39, 0.29) is 22.5 Å². The van der Waals surface area contributed by atoms with Crippen LogP contribution >= 0.6 is 0 Å². The zero-order valence-corrected chi connectivity index (χ0v) is 13.8. The average molecular weight is 344 g/mol. The van der Waals surface area contributed by atoms with Crippen LogP contribution in [0, 0.1) is 0 Å². The molecule has 3 aromatic rings. The molecule has 0 spiro atoms. The summed E-state index contributed by atoms with van der Waals surface area (Å²) in [6.45, 7) is 0. The molecule has 0 unspecified atom stereocenters. The van der Waals surface area contributed by atoms with Crippen molar-refractivity contribution in [2.24, 2.45) is 5.73 Å². The van der Waals surface area contributed by atoms with E-state index in [9.17, 15) is 14.4 Å². The Morgan fingerprint density at radius 3 is 1.85 bits per heavy atom. The Kier molecular flexibility index (Phi) is 4.90. The van der Waals surface area contributed by atoms with Gasteiger partial charge in [-0.1, -0.05) is 60.7 Å². The average Bonchev–Trinajstić information content (AvgIpc) is 2.68. The van der Waals surface area contributed by atoms with Crippen molar-refractivity contribution in [1.29, 1.82) is 0 Å². The van der Waals surface area contributed by atoms with Crippen LogP contribution in [0.15, 0.2) is 78.9 Å². The van der Waals surface area contributed by atoms with Crippen LogP contribution in [-0.4, -0.2) is 17.6 Å². The molecular weight excluding hydrogens is 328 g/mol. The number of nitrogens with two attached hydrogens (primary N) is 1. The first-order valence-corrected chi connectivity index (χ1v) is 7.97. The van der Waals surface area contributed by atoms with Crippen LogP contribution in [0.25, 0.3) is 0 Å².